The molecule has 0 aromatic heterocycles. The molecule has 0 radical (unpaired) electrons. The Morgan fingerprint density at radius 3 is 2.65 bits per heavy atom. The molecule has 0 N–H and O–H groups in total. The lowest BCUT2D eigenvalue weighted by Crippen LogP contribution is -2.36. The minimum Gasteiger partial charge on any atom is -0.228 e. The van der Waals surface area contributed by atoms with Crippen molar-refractivity contribution in [2.24, 2.45) is 35.0 Å². The van der Waals surface area contributed by atoms with Gasteiger partial charge in [0, 0.05) is 0 Å². The van der Waals surface area contributed by atoms with E-state index in [0.717, 1.165) is 38.0 Å². The van der Waals surface area contributed by atoms with Crippen LogP contribution in [0.15, 0.2) is 34.9 Å². The Balaban J connectivity index is 1.58. The molecule has 2 saturated carbocycles. The number of hydrogen-bond donors (Lipinski definition) is 0. The molecule has 0 saturated heterocycles. The summed E-state index contributed by atoms with van der Waals surface area (Å²) in [5, 5.41) is -0.315. The smallest absolute Gasteiger partial charge is 0.164 e. The van der Waals surface area contributed by atoms with Gasteiger partial charge in [0.15, 0.2) is 9.84 Å². The van der Waals surface area contributed by atoms with Gasteiger partial charge in [-0.2, -0.15) is 0 Å². The first-order valence-electron chi connectivity index (χ1n) is 12.9. The quantitative estimate of drug-likeness (QED) is 0.417. The maximum absolute atomic E-state index is 13.1. The van der Waals surface area contributed by atoms with Gasteiger partial charge >= 0.3 is 0 Å². The second-order valence-electron chi connectivity index (χ2n) is 12.0. The van der Waals surface area contributed by atoms with Crippen LogP contribution in [-0.4, -0.2) is 19.4 Å². The first-order chi connectivity index (χ1) is 14.6. The molecular formula is C28H44O2S. The standard InChI is InChI=1S/C28H44O2S/c1-19(2)8-6-9-21(4)25-13-14-26-22(10-7-15-28(25,26)5)17-27-24-16-20(3)11-12-23(24)18-31(27,29)30/h6,9,17,19-21,25-27H,7-8,10-16,18H2,1-5H3/b9-6+,22-17+/t20-,21+,25+,26?,27?,28+/m0/s1. The molecule has 2 unspecified atom stereocenters. The van der Waals surface area contributed by atoms with Crippen LogP contribution in [0.3, 0.4) is 0 Å². The van der Waals surface area contributed by atoms with E-state index in [2.05, 4.69) is 52.8 Å². The average Bonchev–Trinajstić information content (AvgIpc) is 3.16. The van der Waals surface area contributed by atoms with E-state index in [0.29, 0.717) is 34.8 Å². The fourth-order valence-electron chi connectivity index (χ4n) is 7.48. The molecule has 0 spiro atoms. The summed E-state index contributed by atoms with van der Waals surface area (Å²) in [4.78, 5) is 0. The van der Waals surface area contributed by atoms with Crippen molar-refractivity contribution in [3.63, 3.8) is 0 Å². The second-order valence-corrected chi connectivity index (χ2v) is 14.1. The number of fused-ring (bicyclic) bond motifs is 1. The molecular weight excluding hydrogens is 400 g/mol. The van der Waals surface area contributed by atoms with Crippen LogP contribution in [0.4, 0.5) is 0 Å². The van der Waals surface area contributed by atoms with E-state index in [1.807, 2.05) is 0 Å². The van der Waals surface area contributed by atoms with Crippen molar-refractivity contribution in [1.29, 1.82) is 0 Å². The summed E-state index contributed by atoms with van der Waals surface area (Å²) in [6.45, 7) is 11.8. The van der Waals surface area contributed by atoms with Crippen molar-refractivity contribution in [3.8, 4) is 0 Å². The van der Waals surface area contributed by atoms with Crippen LogP contribution in [0.2, 0.25) is 0 Å². The topological polar surface area (TPSA) is 34.1 Å². The van der Waals surface area contributed by atoms with Crippen LogP contribution in [0.5, 0.6) is 0 Å². The monoisotopic (exact) mass is 444 g/mol. The van der Waals surface area contributed by atoms with Gasteiger partial charge < -0.3 is 0 Å². The lowest BCUT2D eigenvalue weighted by atomic mass is 9.61. The van der Waals surface area contributed by atoms with Gasteiger partial charge in [-0.05, 0) is 98.4 Å². The van der Waals surface area contributed by atoms with Crippen molar-refractivity contribution in [1.82, 2.24) is 0 Å². The predicted molar refractivity (Wildman–Crippen MR) is 132 cm³/mol. The molecule has 2 fully saturated rings. The van der Waals surface area contributed by atoms with Crippen molar-refractivity contribution in [2.75, 3.05) is 5.75 Å². The van der Waals surface area contributed by atoms with Crippen LogP contribution in [0, 0.1) is 35.0 Å². The highest BCUT2D eigenvalue weighted by Gasteiger charge is 2.51. The van der Waals surface area contributed by atoms with E-state index in [9.17, 15) is 8.42 Å². The first kappa shape index (κ1) is 23.3. The molecule has 0 amide bonds. The maximum Gasteiger partial charge on any atom is 0.164 e. The molecule has 4 rings (SSSR count). The summed E-state index contributed by atoms with van der Waals surface area (Å²) in [7, 11) is -3.05. The third-order valence-electron chi connectivity index (χ3n) is 9.15. The van der Waals surface area contributed by atoms with Crippen LogP contribution in [0.25, 0.3) is 0 Å². The first-order valence-corrected chi connectivity index (χ1v) is 14.6. The maximum atomic E-state index is 13.1. The molecule has 174 valence electrons. The Labute approximate surface area is 191 Å². The Kier molecular flexibility index (Phi) is 6.65. The highest BCUT2D eigenvalue weighted by molar-refractivity contribution is 7.92. The number of sulfone groups is 1. The summed E-state index contributed by atoms with van der Waals surface area (Å²) in [5.41, 5.74) is 4.34. The zero-order valence-corrected chi connectivity index (χ0v) is 21.3. The SMILES string of the molecule is CC(C)C/C=C/[C@@H](C)[C@H]1CCC2/C(=C/C3C4=C(CC[C@H](C)C4)CS3(=O)=O)CCC[C@@]21C. The van der Waals surface area contributed by atoms with Gasteiger partial charge in [0.25, 0.3) is 0 Å². The Hall–Kier alpha value is -0.830. The van der Waals surface area contributed by atoms with E-state index >= 15 is 0 Å². The van der Waals surface area contributed by atoms with Crippen molar-refractivity contribution < 1.29 is 8.42 Å². The van der Waals surface area contributed by atoms with Gasteiger partial charge in [-0.3, -0.25) is 0 Å². The zero-order valence-electron chi connectivity index (χ0n) is 20.5. The lowest BCUT2D eigenvalue weighted by molar-refractivity contribution is 0.112. The van der Waals surface area contributed by atoms with E-state index in [-0.39, 0.29) is 5.25 Å². The number of rotatable bonds is 5. The van der Waals surface area contributed by atoms with E-state index in [4.69, 9.17) is 0 Å². The van der Waals surface area contributed by atoms with Crippen LogP contribution in [0.1, 0.15) is 92.4 Å². The molecule has 3 aliphatic carbocycles. The van der Waals surface area contributed by atoms with Crippen molar-refractivity contribution >= 4 is 9.84 Å². The molecule has 6 atom stereocenters. The molecule has 1 aliphatic heterocycles. The van der Waals surface area contributed by atoms with Gasteiger partial charge in [-0.25, -0.2) is 8.42 Å². The van der Waals surface area contributed by atoms with E-state index in [1.165, 1.54) is 42.4 Å². The summed E-state index contributed by atoms with van der Waals surface area (Å²) < 4.78 is 26.3. The van der Waals surface area contributed by atoms with Gasteiger partial charge in [-0.1, -0.05) is 64.0 Å². The third kappa shape index (κ3) is 4.50. The Morgan fingerprint density at radius 1 is 1.13 bits per heavy atom. The molecule has 0 bridgehead atoms. The molecule has 1 heterocycles. The molecule has 4 aliphatic rings. The largest absolute Gasteiger partial charge is 0.228 e. The number of hydrogen-bond acceptors (Lipinski definition) is 2. The predicted octanol–water partition coefficient (Wildman–Crippen LogP) is 7.28. The zero-order chi connectivity index (χ0) is 22.4. The summed E-state index contributed by atoms with van der Waals surface area (Å²) in [6, 6.07) is 0. The van der Waals surface area contributed by atoms with Crippen LogP contribution < -0.4 is 0 Å². The van der Waals surface area contributed by atoms with E-state index < -0.39 is 9.84 Å². The minimum atomic E-state index is -3.05. The Morgan fingerprint density at radius 2 is 1.90 bits per heavy atom. The van der Waals surface area contributed by atoms with E-state index in [1.54, 1.807) is 0 Å². The Bertz CT molecular complexity index is 875. The highest BCUT2D eigenvalue weighted by Crippen LogP contribution is 2.60. The number of allylic oxidation sites excluding steroid dienone is 3. The highest BCUT2D eigenvalue weighted by atomic mass is 32.2. The van der Waals surface area contributed by atoms with Crippen LogP contribution >= 0.6 is 0 Å². The molecule has 0 aromatic rings. The summed E-state index contributed by atoms with van der Waals surface area (Å²) in [5.74, 6) is 3.57. The molecule has 2 nitrogen and oxygen atoms in total. The van der Waals surface area contributed by atoms with Crippen molar-refractivity contribution in [3.05, 3.63) is 34.9 Å². The van der Waals surface area contributed by atoms with Gasteiger partial charge in [0.2, 0.25) is 0 Å². The molecule has 0 aromatic carbocycles. The average molecular weight is 445 g/mol. The summed E-state index contributed by atoms with van der Waals surface area (Å²) >= 11 is 0. The normalized spacial score (nSPS) is 40.0. The van der Waals surface area contributed by atoms with Gasteiger partial charge in [-0.15, -0.1) is 0 Å². The van der Waals surface area contributed by atoms with Gasteiger partial charge in [0.05, 0.1) is 5.75 Å². The molecule has 3 heteroatoms. The summed E-state index contributed by atoms with van der Waals surface area (Å²) in [6.07, 6.45) is 17.6. The minimum absolute atomic E-state index is 0.315. The lowest BCUT2D eigenvalue weighted by Gasteiger charge is -2.44. The fraction of sp³-hybridized carbons (Fsp3) is 0.786. The molecule has 31 heavy (non-hydrogen) atoms. The second kappa shape index (κ2) is 8.84. The third-order valence-corrected chi connectivity index (χ3v) is 11.1. The van der Waals surface area contributed by atoms with Gasteiger partial charge in [0.1, 0.15) is 5.25 Å². The van der Waals surface area contributed by atoms with Crippen molar-refractivity contribution in [2.45, 2.75) is 97.7 Å². The fourth-order valence-corrected chi connectivity index (χ4v) is 9.55. The van der Waals surface area contributed by atoms with Crippen LogP contribution in [-0.2, 0) is 9.84 Å².